The van der Waals surface area contributed by atoms with Crippen molar-refractivity contribution in [3.05, 3.63) is 28.2 Å². The topological polar surface area (TPSA) is 29.5 Å². The zero-order valence-corrected chi connectivity index (χ0v) is 8.47. The van der Waals surface area contributed by atoms with E-state index in [1.807, 2.05) is 25.1 Å². The normalized spacial score (nSPS) is 9.92. The van der Waals surface area contributed by atoms with Crippen molar-refractivity contribution in [2.75, 3.05) is 13.2 Å². The molecule has 1 rings (SSSR count). The van der Waals surface area contributed by atoms with E-state index in [1.165, 1.54) is 0 Å². The molecule has 0 amide bonds. The number of aliphatic hydroxyl groups is 1. The summed E-state index contributed by atoms with van der Waals surface area (Å²) in [6, 6.07) is 5.82. The Morgan fingerprint density at radius 3 is 2.92 bits per heavy atom. The number of hydrogen-bond acceptors (Lipinski definition) is 2. The van der Waals surface area contributed by atoms with E-state index in [9.17, 15) is 0 Å². The molecule has 0 saturated heterocycles. The molecule has 0 saturated carbocycles. The number of benzene rings is 1. The van der Waals surface area contributed by atoms with Gasteiger partial charge in [-0.15, -0.1) is 0 Å². The fourth-order valence-corrected chi connectivity index (χ4v) is 1.23. The summed E-state index contributed by atoms with van der Waals surface area (Å²) in [6.07, 6.45) is 0. The molecule has 0 aliphatic heterocycles. The van der Waals surface area contributed by atoms with E-state index in [4.69, 9.17) is 9.84 Å². The van der Waals surface area contributed by atoms with Crippen molar-refractivity contribution in [2.45, 2.75) is 6.92 Å². The van der Waals surface area contributed by atoms with Crippen molar-refractivity contribution in [1.29, 1.82) is 0 Å². The molecule has 0 spiro atoms. The minimum atomic E-state index is 0.0476. The molecule has 2 nitrogen and oxygen atoms in total. The van der Waals surface area contributed by atoms with Gasteiger partial charge in [0.05, 0.1) is 6.61 Å². The Morgan fingerprint density at radius 2 is 2.25 bits per heavy atom. The van der Waals surface area contributed by atoms with Crippen molar-refractivity contribution >= 4 is 15.9 Å². The predicted molar refractivity (Wildman–Crippen MR) is 51.5 cm³/mol. The second kappa shape index (κ2) is 4.48. The van der Waals surface area contributed by atoms with Crippen LogP contribution in [0.4, 0.5) is 0 Å². The van der Waals surface area contributed by atoms with Crippen molar-refractivity contribution in [1.82, 2.24) is 0 Å². The van der Waals surface area contributed by atoms with E-state index in [2.05, 4.69) is 15.9 Å². The number of hydrogen-bond donors (Lipinski definition) is 1. The number of rotatable bonds is 3. The molecular formula is C9H11BrO2. The van der Waals surface area contributed by atoms with Crippen LogP contribution in [0.25, 0.3) is 0 Å². The van der Waals surface area contributed by atoms with Crippen LogP contribution in [0.1, 0.15) is 5.56 Å². The van der Waals surface area contributed by atoms with Crippen LogP contribution in [-0.2, 0) is 0 Å². The van der Waals surface area contributed by atoms with Gasteiger partial charge in [0.15, 0.2) is 0 Å². The van der Waals surface area contributed by atoms with E-state index < -0.39 is 0 Å². The standard InChI is InChI=1S/C9H11BrO2/c1-7-2-3-8(10)6-9(7)12-5-4-11/h2-3,6,11H,4-5H2,1H3. The Hall–Kier alpha value is -0.540. The van der Waals surface area contributed by atoms with Gasteiger partial charge >= 0.3 is 0 Å². The number of halogens is 1. The zero-order valence-electron chi connectivity index (χ0n) is 6.88. The van der Waals surface area contributed by atoms with Crippen molar-refractivity contribution in [2.24, 2.45) is 0 Å². The second-order valence-corrected chi connectivity index (χ2v) is 3.40. The molecule has 0 bridgehead atoms. The summed E-state index contributed by atoms with van der Waals surface area (Å²) in [5.41, 5.74) is 1.08. The van der Waals surface area contributed by atoms with Crippen LogP contribution in [0.3, 0.4) is 0 Å². The molecule has 0 atom stereocenters. The Bertz CT molecular complexity index is 261. The van der Waals surface area contributed by atoms with Gasteiger partial charge in [0.1, 0.15) is 12.4 Å². The van der Waals surface area contributed by atoms with Gasteiger partial charge in [-0.3, -0.25) is 0 Å². The van der Waals surface area contributed by atoms with E-state index in [-0.39, 0.29) is 6.61 Å². The van der Waals surface area contributed by atoms with Crippen LogP contribution in [-0.4, -0.2) is 18.3 Å². The summed E-state index contributed by atoms with van der Waals surface area (Å²) in [7, 11) is 0. The Balaban J connectivity index is 2.75. The number of aliphatic hydroxyl groups excluding tert-OH is 1. The van der Waals surface area contributed by atoms with Crippen LogP contribution in [0.2, 0.25) is 0 Å². The SMILES string of the molecule is Cc1ccc(Br)cc1OCCO. The molecule has 66 valence electrons. The molecule has 1 N–H and O–H groups in total. The lowest BCUT2D eigenvalue weighted by Gasteiger charge is -2.07. The Morgan fingerprint density at radius 1 is 1.50 bits per heavy atom. The lowest BCUT2D eigenvalue weighted by Crippen LogP contribution is -2.02. The van der Waals surface area contributed by atoms with Gasteiger partial charge in [-0.05, 0) is 24.6 Å². The summed E-state index contributed by atoms with van der Waals surface area (Å²) in [5.74, 6) is 0.818. The molecule has 1 aromatic rings. The maximum Gasteiger partial charge on any atom is 0.123 e. The first kappa shape index (κ1) is 9.55. The third kappa shape index (κ3) is 2.50. The van der Waals surface area contributed by atoms with Crippen LogP contribution < -0.4 is 4.74 Å². The first-order valence-corrected chi connectivity index (χ1v) is 4.53. The first-order valence-electron chi connectivity index (χ1n) is 3.74. The molecule has 0 aliphatic carbocycles. The highest BCUT2D eigenvalue weighted by Gasteiger charge is 1.98. The average molecular weight is 231 g/mol. The van der Waals surface area contributed by atoms with Gasteiger partial charge in [0, 0.05) is 4.47 Å². The van der Waals surface area contributed by atoms with E-state index in [0.29, 0.717) is 6.61 Å². The van der Waals surface area contributed by atoms with Gasteiger partial charge in [-0.1, -0.05) is 22.0 Å². The monoisotopic (exact) mass is 230 g/mol. The molecule has 0 radical (unpaired) electrons. The fraction of sp³-hybridized carbons (Fsp3) is 0.333. The van der Waals surface area contributed by atoms with Gasteiger partial charge < -0.3 is 9.84 Å². The molecule has 12 heavy (non-hydrogen) atoms. The van der Waals surface area contributed by atoms with Crippen molar-refractivity contribution < 1.29 is 9.84 Å². The quantitative estimate of drug-likeness (QED) is 0.863. The van der Waals surface area contributed by atoms with E-state index >= 15 is 0 Å². The number of ether oxygens (including phenoxy) is 1. The molecule has 0 aliphatic rings. The van der Waals surface area contributed by atoms with Crippen LogP contribution in [0, 0.1) is 6.92 Å². The van der Waals surface area contributed by atoms with Gasteiger partial charge in [0.25, 0.3) is 0 Å². The Labute approximate surface area is 80.3 Å². The predicted octanol–water partition coefficient (Wildman–Crippen LogP) is 2.13. The maximum atomic E-state index is 8.55. The molecular weight excluding hydrogens is 220 g/mol. The minimum absolute atomic E-state index is 0.0476. The van der Waals surface area contributed by atoms with Crippen LogP contribution >= 0.6 is 15.9 Å². The summed E-state index contributed by atoms with van der Waals surface area (Å²) in [5, 5.41) is 8.55. The van der Waals surface area contributed by atoms with E-state index in [1.54, 1.807) is 0 Å². The minimum Gasteiger partial charge on any atom is -0.491 e. The van der Waals surface area contributed by atoms with Gasteiger partial charge in [0.2, 0.25) is 0 Å². The lowest BCUT2D eigenvalue weighted by molar-refractivity contribution is 0.200. The van der Waals surface area contributed by atoms with Crippen molar-refractivity contribution in [3.63, 3.8) is 0 Å². The molecule has 3 heteroatoms. The fourth-order valence-electron chi connectivity index (χ4n) is 0.885. The van der Waals surface area contributed by atoms with Gasteiger partial charge in [-0.2, -0.15) is 0 Å². The second-order valence-electron chi connectivity index (χ2n) is 2.48. The highest BCUT2D eigenvalue weighted by atomic mass is 79.9. The smallest absolute Gasteiger partial charge is 0.123 e. The van der Waals surface area contributed by atoms with Crippen molar-refractivity contribution in [3.8, 4) is 5.75 Å². The maximum absolute atomic E-state index is 8.55. The highest BCUT2D eigenvalue weighted by Crippen LogP contribution is 2.22. The first-order chi connectivity index (χ1) is 5.74. The van der Waals surface area contributed by atoms with Gasteiger partial charge in [-0.25, -0.2) is 0 Å². The largest absolute Gasteiger partial charge is 0.491 e. The summed E-state index contributed by atoms with van der Waals surface area (Å²) in [6.45, 7) is 2.36. The Kier molecular flexibility index (Phi) is 3.56. The molecule has 0 unspecified atom stereocenters. The van der Waals surface area contributed by atoms with Crippen LogP contribution in [0.5, 0.6) is 5.75 Å². The third-order valence-corrected chi connectivity index (χ3v) is 1.99. The summed E-state index contributed by atoms with van der Waals surface area (Å²) < 4.78 is 6.27. The molecule has 0 fully saturated rings. The summed E-state index contributed by atoms with van der Waals surface area (Å²) in [4.78, 5) is 0. The van der Waals surface area contributed by atoms with E-state index in [0.717, 1.165) is 15.8 Å². The average Bonchev–Trinajstić information content (AvgIpc) is 2.07. The third-order valence-electron chi connectivity index (χ3n) is 1.50. The summed E-state index contributed by atoms with van der Waals surface area (Å²) >= 11 is 3.35. The lowest BCUT2D eigenvalue weighted by atomic mass is 10.2. The molecule has 1 aromatic carbocycles. The molecule has 0 heterocycles. The van der Waals surface area contributed by atoms with Crippen LogP contribution in [0.15, 0.2) is 22.7 Å². The zero-order chi connectivity index (χ0) is 8.97. The number of aryl methyl sites for hydroxylation is 1. The molecule has 0 aromatic heterocycles. The highest BCUT2D eigenvalue weighted by molar-refractivity contribution is 9.10.